The normalized spacial score (nSPS) is 25.1. The van der Waals surface area contributed by atoms with Crippen LogP contribution in [0.3, 0.4) is 0 Å². The van der Waals surface area contributed by atoms with E-state index in [1.165, 1.54) is 7.11 Å². The number of rotatable bonds is 7. The molecule has 1 amide bonds. The Bertz CT molecular complexity index is 738. The smallest absolute Gasteiger partial charge is 0.316 e. The molecule has 1 unspecified atom stereocenters. The Labute approximate surface area is 158 Å². The molecule has 1 aliphatic heterocycles. The number of alkyl halides is 4. The maximum atomic E-state index is 14.3. The van der Waals surface area contributed by atoms with E-state index in [0.717, 1.165) is 31.5 Å². The minimum atomic E-state index is -4.17. The fourth-order valence-corrected chi connectivity index (χ4v) is 3.32. The van der Waals surface area contributed by atoms with Gasteiger partial charge < -0.3 is 20.1 Å². The summed E-state index contributed by atoms with van der Waals surface area (Å²) >= 11 is 0. The SMILES string of the molecule is COc1cc(OCC2CC(F)(F)C2(F)F)c(F)cc1CNC(=O)[C@@H]1CCCN1. The summed E-state index contributed by atoms with van der Waals surface area (Å²) < 4.78 is 76.8. The van der Waals surface area contributed by atoms with Crippen LogP contribution < -0.4 is 20.1 Å². The van der Waals surface area contributed by atoms with Gasteiger partial charge in [-0.25, -0.2) is 4.39 Å². The number of halogens is 5. The molecule has 0 spiro atoms. The van der Waals surface area contributed by atoms with Crippen LogP contribution in [0.1, 0.15) is 24.8 Å². The number of amides is 1. The first-order valence-electron chi connectivity index (χ1n) is 8.91. The van der Waals surface area contributed by atoms with Gasteiger partial charge >= 0.3 is 11.8 Å². The molecule has 1 aromatic carbocycles. The first-order chi connectivity index (χ1) is 13.2. The highest BCUT2D eigenvalue weighted by molar-refractivity contribution is 5.82. The molecule has 1 saturated heterocycles. The molecule has 0 radical (unpaired) electrons. The Morgan fingerprint density at radius 1 is 1.29 bits per heavy atom. The highest BCUT2D eigenvalue weighted by atomic mass is 19.3. The molecule has 2 aliphatic rings. The van der Waals surface area contributed by atoms with Crippen LogP contribution >= 0.6 is 0 Å². The molecule has 2 N–H and O–H groups in total. The predicted octanol–water partition coefficient (Wildman–Crippen LogP) is 2.87. The van der Waals surface area contributed by atoms with Crippen molar-refractivity contribution >= 4 is 5.91 Å². The summed E-state index contributed by atoms with van der Waals surface area (Å²) in [6, 6.07) is 1.92. The first kappa shape index (κ1) is 20.6. The molecular formula is C18H21F5N2O3. The van der Waals surface area contributed by atoms with Gasteiger partial charge in [-0.05, 0) is 25.5 Å². The van der Waals surface area contributed by atoms with Crippen LogP contribution in [0.5, 0.6) is 11.5 Å². The largest absolute Gasteiger partial charge is 0.496 e. The maximum Gasteiger partial charge on any atom is 0.316 e. The van der Waals surface area contributed by atoms with Gasteiger partial charge in [-0.2, -0.15) is 17.6 Å². The van der Waals surface area contributed by atoms with E-state index < -0.39 is 36.6 Å². The average Bonchev–Trinajstić information content (AvgIpc) is 3.18. The van der Waals surface area contributed by atoms with Crippen molar-refractivity contribution in [1.29, 1.82) is 0 Å². The number of hydrogen-bond acceptors (Lipinski definition) is 4. The van der Waals surface area contributed by atoms with Gasteiger partial charge in [0.1, 0.15) is 5.75 Å². The molecule has 5 nitrogen and oxygen atoms in total. The minimum absolute atomic E-state index is 0.00427. The second-order valence-electron chi connectivity index (χ2n) is 7.00. The summed E-state index contributed by atoms with van der Waals surface area (Å²) in [5.41, 5.74) is 0.333. The molecule has 1 aromatic rings. The third-order valence-corrected chi connectivity index (χ3v) is 5.11. The number of methoxy groups -OCH3 is 1. The molecule has 0 bridgehead atoms. The van der Waals surface area contributed by atoms with Crippen LogP contribution in [0.4, 0.5) is 22.0 Å². The number of carbonyl (C=O) groups excluding carboxylic acids is 1. The zero-order valence-electron chi connectivity index (χ0n) is 15.2. The fourth-order valence-electron chi connectivity index (χ4n) is 3.32. The standard InChI is InChI=1S/C18H21F5N2O3/c1-27-14-6-15(28-9-11-7-17(20,21)18(11,22)23)12(19)5-10(14)8-25-16(26)13-3-2-4-24-13/h5-6,11,13,24H,2-4,7-9H2,1H3,(H,25,26)/t11?,13-/m0/s1. The van der Waals surface area contributed by atoms with Crippen molar-refractivity contribution in [2.75, 3.05) is 20.3 Å². The van der Waals surface area contributed by atoms with Crippen molar-refractivity contribution in [3.63, 3.8) is 0 Å². The Kier molecular flexibility index (Phi) is 5.69. The maximum absolute atomic E-state index is 14.3. The van der Waals surface area contributed by atoms with Gasteiger partial charge in [0.15, 0.2) is 11.6 Å². The third-order valence-electron chi connectivity index (χ3n) is 5.11. The highest BCUT2D eigenvalue weighted by Crippen LogP contribution is 2.55. The summed E-state index contributed by atoms with van der Waals surface area (Å²) in [7, 11) is 1.32. The molecule has 2 atom stereocenters. The molecular weight excluding hydrogens is 387 g/mol. The second kappa shape index (κ2) is 7.73. The van der Waals surface area contributed by atoms with Crippen molar-refractivity contribution in [1.82, 2.24) is 10.6 Å². The van der Waals surface area contributed by atoms with E-state index in [9.17, 15) is 26.7 Å². The van der Waals surface area contributed by atoms with Crippen LogP contribution in [-0.2, 0) is 11.3 Å². The van der Waals surface area contributed by atoms with Gasteiger partial charge in [-0.3, -0.25) is 4.79 Å². The minimum Gasteiger partial charge on any atom is -0.496 e. The van der Waals surface area contributed by atoms with Gasteiger partial charge in [-0.1, -0.05) is 0 Å². The molecule has 28 heavy (non-hydrogen) atoms. The molecule has 3 rings (SSSR count). The van der Waals surface area contributed by atoms with E-state index in [-0.39, 0.29) is 30.0 Å². The highest BCUT2D eigenvalue weighted by Gasteiger charge is 2.71. The zero-order valence-corrected chi connectivity index (χ0v) is 15.2. The lowest BCUT2D eigenvalue weighted by atomic mass is 9.77. The van der Waals surface area contributed by atoms with Gasteiger partial charge in [0, 0.05) is 24.6 Å². The molecule has 0 aromatic heterocycles. The molecule has 1 heterocycles. The third kappa shape index (κ3) is 3.87. The predicted molar refractivity (Wildman–Crippen MR) is 89.3 cm³/mol. The molecule has 2 fully saturated rings. The molecule has 156 valence electrons. The van der Waals surface area contributed by atoms with Crippen LogP contribution in [0.2, 0.25) is 0 Å². The van der Waals surface area contributed by atoms with Crippen LogP contribution in [-0.4, -0.2) is 44.1 Å². The van der Waals surface area contributed by atoms with Crippen molar-refractivity contribution in [2.24, 2.45) is 5.92 Å². The summed E-state index contributed by atoms with van der Waals surface area (Å²) in [6.07, 6.45) is 0.598. The van der Waals surface area contributed by atoms with Crippen molar-refractivity contribution in [2.45, 2.75) is 43.7 Å². The monoisotopic (exact) mass is 408 g/mol. The van der Waals surface area contributed by atoms with E-state index >= 15 is 0 Å². The summed E-state index contributed by atoms with van der Waals surface area (Å²) in [5, 5.41) is 5.72. The average molecular weight is 408 g/mol. The Morgan fingerprint density at radius 2 is 2.04 bits per heavy atom. The lowest BCUT2D eigenvalue weighted by molar-refractivity contribution is -0.317. The number of ether oxygens (including phenoxy) is 2. The number of hydrogen-bond donors (Lipinski definition) is 2. The van der Waals surface area contributed by atoms with Crippen LogP contribution in [0.15, 0.2) is 12.1 Å². The summed E-state index contributed by atoms with van der Waals surface area (Å²) in [4.78, 5) is 12.0. The fraction of sp³-hybridized carbons (Fsp3) is 0.611. The summed E-state index contributed by atoms with van der Waals surface area (Å²) in [6.45, 7) is 0.0183. The quantitative estimate of drug-likeness (QED) is 0.682. The van der Waals surface area contributed by atoms with Gasteiger partial charge in [0.2, 0.25) is 5.91 Å². The number of nitrogens with one attached hydrogen (secondary N) is 2. The van der Waals surface area contributed by atoms with Gasteiger partial charge in [0.05, 0.1) is 25.7 Å². The lowest BCUT2D eigenvalue weighted by Gasteiger charge is -2.43. The topological polar surface area (TPSA) is 59.6 Å². The van der Waals surface area contributed by atoms with E-state index in [4.69, 9.17) is 9.47 Å². The second-order valence-corrected chi connectivity index (χ2v) is 7.00. The summed E-state index contributed by atoms with van der Waals surface area (Å²) in [5.74, 6) is -11.2. The number of benzene rings is 1. The Morgan fingerprint density at radius 3 is 2.61 bits per heavy atom. The van der Waals surface area contributed by atoms with Crippen LogP contribution in [0.25, 0.3) is 0 Å². The van der Waals surface area contributed by atoms with Crippen LogP contribution in [0, 0.1) is 11.7 Å². The van der Waals surface area contributed by atoms with E-state index in [2.05, 4.69) is 10.6 Å². The van der Waals surface area contributed by atoms with Gasteiger partial charge in [0.25, 0.3) is 0 Å². The van der Waals surface area contributed by atoms with Crippen molar-refractivity contribution < 1.29 is 36.2 Å². The Balaban J connectivity index is 1.62. The molecule has 1 aliphatic carbocycles. The van der Waals surface area contributed by atoms with E-state index in [1.54, 1.807) is 0 Å². The molecule has 1 saturated carbocycles. The van der Waals surface area contributed by atoms with Gasteiger partial charge in [-0.15, -0.1) is 0 Å². The van der Waals surface area contributed by atoms with E-state index in [0.29, 0.717) is 5.56 Å². The number of carbonyl (C=O) groups is 1. The van der Waals surface area contributed by atoms with E-state index in [1.807, 2.05) is 0 Å². The van der Waals surface area contributed by atoms with Crippen molar-refractivity contribution in [3.8, 4) is 11.5 Å². The molecule has 10 heteroatoms. The lowest BCUT2D eigenvalue weighted by Crippen LogP contribution is -2.60. The zero-order chi connectivity index (χ0) is 20.5. The Hall–Kier alpha value is -2.10. The first-order valence-corrected chi connectivity index (χ1v) is 8.91. The van der Waals surface area contributed by atoms with Crippen molar-refractivity contribution in [3.05, 3.63) is 23.5 Å².